The largest absolute Gasteiger partial charge is 0.407 e. The summed E-state index contributed by atoms with van der Waals surface area (Å²) in [6.07, 6.45) is -4.39. The fourth-order valence-corrected chi connectivity index (χ4v) is 1.38. The van der Waals surface area contributed by atoms with E-state index in [1.165, 1.54) is 12.1 Å². The first-order valence-electron chi connectivity index (χ1n) is 5.05. The van der Waals surface area contributed by atoms with Crippen LogP contribution in [0.2, 0.25) is 0 Å². The summed E-state index contributed by atoms with van der Waals surface area (Å²) in [4.78, 5) is 0. The molecule has 0 heterocycles. The summed E-state index contributed by atoms with van der Waals surface area (Å²) in [6, 6.07) is 4.38. The Hall–Kier alpha value is -0.740. The maximum Gasteiger partial charge on any atom is 0.407 e. The number of rotatable bonds is 1. The number of alkyl halides is 3. The van der Waals surface area contributed by atoms with Gasteiger partial charge in [-0.15, -0.1) is 12.4 Å². The fraction of sp³-hybridized carbons (Fsp3) is 0.500. The smallest absolute Gasteiger partial charge is 0.316 e. The zero-order chi connectivity index (χ0) is 12.6. The van der Waals surface area contributed by atoms with Gasteiger partial charge in [-0.1, -0.05) is 45.0 Å². The van der Waals surface area contributed by atoms with Gasteiger partial charge in [-0.05, 0) is 16.5 Å². The van der Waals surface area contributed by atoms with E-state index in [0.717, 1.165) is 5.56 Å². The van der Waals surface area contributed by atoms with Crippen molar-refractivity contribution in [2.24, 2.45) is 5.73 Å². The molecule has 17 heavy (non-hydrogen) atoms. The molecule has 0 aromatic heterocycles. The van der Waals surface area contributed by atoms with Crippen LogP contribution in [0.25, 0.3) is 0 Å². The molecule has 1 rings (SSSR count). The highest BCUT2D eigenvalue weighted by Gasteiger charge is 2.37. The Kier molecular flexibility index (Phi) is 5.04. The highest BCUT2D eigenvalue weighted by molar-refractivity contribution is 5.85. The lowest BCUT2D eigenvalue weighted by molar-refractivity contribution is -0.149. The Morgan fingerprint density at radius 2 is 1.41 bits per heavy atom. The monoisotopic (exact) mass is 267 g/mol. The third kappa shape index (κ3) is 4.21. The molecule has 0 aliphatic carbocycles. The van der Waals surface area contributed by atoms with Crippen LogP contribution in [0.1, 0.15) is 37.9 Å². The van der Waals surface area contributed by atoms with Crippen LogP contribution in [0.4, 0.5) is 13.2 Å². The predicted octanol–water partition coefficient (Wildman–Crippen LogP) is 3.97. The zero-order valence-corrected chi connectivity index (χ0v) is 10.8. The molecule has 0 amide bonds. The van der Waals surface area contributed by atoms with Gasteiger partial charge < -0.3 is 5.73 Å². The van der Waals surface area contributed by atoms with Crippen LogP contribution >= 0.6 is 12.4 Å². The number of halogens is 4. The van der Waals surface area contributed by atoms with Crippen molar-refractivity contribution in [3.8, 4) is 0 Å². The Labute approximate surface area is 106 Å². The molecular formula is C12H17ClF3N. The number of benzene rings is 1. The van der Waals surface area contributed by atoms with Crippen molar-refractivity contribution in [1.82, 2.24) is 0 Å². The van der Waals surface area contributed by atoms with Crippen molar-refractivity contribution in [1.29, 1.82) is 0 Å². The van der Waals surface area contributed by atoms with E-state index in [0.29, 0.717) is 0 Å². The first-order valence-corrected chi connectivity index (χ1v) is 5.05. The van der Waals surface area contributed by atoms with Crippen LogP contribution in [0, 0.1) is 0 Å². The molecule has 0 bridgehead atoms. The van der Waals surface area contributed by atoms with Crippen molar-refractivity contribution >= 4 is 12.4 Å². The molecule has 1 aromatic rings. The van der Waals surface area contributed by atoms with Gasteiger partial charge in [0.2, 0.25) is 0 Å². The van der Waals surface area contributed by atoms with Crippen LogP contribution in [-0.4, -0.2) is 6.18 Å². The number of nitrogens with two attached hydrogens (primary N) is 1. The summed E-state index contributed by atoms with van der Waals surface area (Å²) in [6.45, 7) is 6.02. The van der Waals surface area contributed by atoms with E-state index in [2.05, 4.69) is 0 Å². The van der Waals surface area contributed by atoms with Gasteiger partial charge >= 0.3 is 6.18 Å². The highest BCUT2D eigenvalue weighted by atomic mass is 35.5. The van der Waals surface area contributed by atoms with Crippen LogP contribution in [0.3, 0.4) is 0 Å². The molecule has 0 aliphatic heterocycles. The van der Waals surface area contributed by atoms with E-state index in [1.54, 1.807) is 12.1 Å². The van der Waals surface area contributed by atoms with E-state index in [1.807, 2.05) is 20.8 Å². The van der Waals surface area contributed by atoms with Gasteiger partial charge in [0.05, 0.1) is 0 Å². The third-order valence-electron chi connectivity index (χ3n) is 2.49. The van der Waals surface area contributed by atoms with E-state index in [9.17, 15) is 13.2 Å². The Morgan fingerprint density at radius 3 is 1.71 bits per heavy atom. The minimum absolute atomic E-state index is 0. The predicted molar refractivity (Wildman–Crippen MR) is 65.4 cm³/mol. The average molecular weight is 268 g/mol. The normalized spacial score (nSPS) is 14.1. The van der Waals surface area contributed by atoms with Crippen LogP contribution in [-0.2, 0) is 5.41 Å². The quantitative estimate of drug-likeness (QED) is 0.819. The van der Waals surface area contributed by atoms with Crippen LogP contribution in [0.5, 0.6) is 0 Å². The van der Waals surface area contributed by atoms with Crippen LogP contribution in [0.15, 0.2) is 24.3 Å². The Morgan fingerprint density at radius 1 is 1.00 bits per heavy atom. The molecule has 98 valence electrons. The summed E-state index contributed by atoms with van der Waals surface area (Å²) in [7, 11) is 0. The van der Waals surface area contributed by atoms with Crippen molar-refractivity contribution in [3.63, 3.8) is 0 Å². The first-order chi connectivity index (χ1) is 7.12. The number of hydrogen-bond donors (Lipinski definition) is 1. The van der Waals surface area contributed by atoms with Crippen molar-refractivity contribution < 1.29 is 13.2 Å². The summed E-state index contributed by atoms with van der Waals surface area (Å²) in [5.41, 5.74) is 6.13. The molecule has 2 N–H and O–H groups in total. The summed E-state index contributed by atoms with van der Waals surface area (Å²) >= 11 is 0. The summed E-state index contributed by atoms with van der Waals surface area (Å²) in [5.74, 6) is 0. The van der Waals surface area contributed by atoms with Crippen molar-refractivity contribution in [2.75, 3.05) is 0 Å². The third-order valence-corrected chi connectivity index (χ3v) is 2.49. The lowest BCUT2D eigenvalue weighted by atomic mass is 9.86. The minimum atomic E-state index is -4.39. The molecule has 1 atom stereocenters. The van der Waals surface area contributed by atoms with Crippen LogP contribution < -0.4 is 5.73 Å². The van der Waals surface area contributed by atoms with Gasteiger partial charge in [-0.3, -0.25) is 0 Å². The molecule has 1 nitrogen and oxygen atoms in total. The SMILES string of the molecule is CC(C)(C)c1ccc([C@H](N)C(F)(F)F)cc1.Cl. The second kappa shape index (κ2) is 5.27. The van der Waals surface area contributed by atoms with Gasteiger partial charge in [-0.2, -0.15) is 13.2 Å². The molecule has 5 heteroatoms. The van der Waals surface area contributed by atoms with Gasteiger partial charge in [0.25, 0.3) is 0 Å². The second-order valence-corrected chi connectivity index (χ2v) is 4.89. The molecule has 0 saturated carbocycles. The van der Waals surface area contributed by atoms with Crippen molar-refractivity contribution in [2.45, 2.75) is 38.4 Å². The van der Waals surface area contributed by atoms with Gasteiger partial charge in [0.15, 0.2) is 0 Å². The van der Waals surface area contributed by atoms with Gasteiger partial charge in [0.1, 0.15) is 6.04 Å². The van der Waals surface area contributed by atoms with E-state index < -0.39 is 12.2 Å². The van der Waals surface area contributed by atoms with E-state index in [4.69, 9.17) is 5.73 Å². The fourth-order valence-electron chi connectivity index (χ4n) is 1.38. The lowest BCUT2D eigenvalue weighted by Crippen LogP contribution is -2.28. The van der Waals surface area contributed by atoms with E-state index >= 15 is 0 Å². The zero-order valence-electron chi connectivity index (χ0n) is 10.0. The molecule has 1 aromatic carbocycles. The summed E-state index contributed by atoms with van der Waals surface area (Å²) < 4.78 is 37.0. The molecule has 0 aliphatic rings. The molecular weight excluding hydrogens is 251 g/mol. The van der Waals surface area contributed by atoms with Gasteiger partial charge in [0, 0.05) is 0 Å². The van der Waals surface area contributed by atoms with Gasteiger partial charge in [-0.25, -0.2) is 0 Å². The maximum atomic E-state index is 12.3. The van der Waals surface area contributed by atoms with E-state index in [-0.39, 0.29) is 23.4 Å². The van der Waals surface area contributed by atoms with Crippen molar-refractivity contribution in [3.05, 3.63) is 35.4 Å². The molecule has 0 unspecified atom stereocenters. The molecule has 0 spiro atoms. The molecule has 0 fully saturated rings. The topological polar surface area (TPSA) is 26.0 Å². The lowest BCUT2D eigenvalue weighted by Gasteiger charge is -2.21. The average Bonchev–Trinajstić information content (AvgIpc) is 2.14. The first kappa shape index (κ1) is 16.3. The summed E-state index contributed by atoms with van der Waals surface area (Å²) in [5, 5.41) is 0. The minimum Gasteiger partial charge on any atom is -0.316 e. The second-order valence-electron chi connectivity index (χ2n) is 4.89. The molecule has 0 radical (unpaired) electrons. The highest BCUT2D eigenvalue weighted by Crippen LogP contribution is 2.31. The standard InChI is InChI=1S/C12H16F3N.ClH/c1-11(2,3)9-6-4-8(5-7-9)10(16)12(13,14)15;/h4-7,10H,16H2,1-3H3;1H/t10-;/m0./s1. The Bertz CT molecular complexity index is 351. The number of hydrogen-bond acceptors (Lipinski definition) is 1. The Balaban J connectivity index is 0.00000256. The molecule has 0 saturated heterocycles. The maximum absolute atomic E-state index is 12.3.